The molecule has 0 amide bonds. The Morgan fingerprint density at radius 1 is 0.458 bits per heavy atom. The average Bonchev–Trinajstić information content (AvgIpc) is 3.34. The first-order valence-corrected chi connectivity index (χ1v) is 26.4. The van der Waals surface area contributed by atoms with Gasteiger partial charge in [0.1, 0.15) is 37.9 Å². The second-order valence-electron chi connectivity index (χ2n) is 18.3. The number of aliphatic hydroxyl groups excluding tert-OH is 3. The van der Waals surface area contributed by atoms with E-state index < -0.39 is 91.8 Å². The molecule has 0 aliphatic heterocycles. The number of esters is 6. The van der Waals surface area contributed by atoms with Crippen LogP contribution < -0.4 is 0 Å². The monoisotopic (exact) mass is 1020 g/mol. The highest BCUT2D eigenvalue weighted by Crippen LogP contribution is 2.18. The number of carbonyl (C=O) groups is 6. The molecule has 0 aliphatic carbocycles. The smallest absolute Gasteiger partial charge is 0.323 e. The Labute approximate surface area is 431 Å². The van der Waals surface area contributed by atoms with Gasteiger partial charge in [0.25, 0.3) is 6.10 Å². The Kier molecular flexibility index (Phi) is 40.5. The van der Waals surface area contributed by atoms with Gasteiger partial charge in [-0.15, -0.1) is 0 Å². The van der Waals surface area contributed by atoms with E-state index in [2.05, 4.69) is 13.8 Å². The quantitative estimate of drug-likeness (QED) is 0.0202. The van der Waals surface area contributed by atoms with E-state index in [-0.39, 0.29) is 58.2 Å². The lowest BCUT2D eigenvalue weighted by molar-refractivity contribution is -0.165. The molecule has 0 aromatic heterocycles. The molecule has 0 aromatic carbocycles. The van der Waals surface area contributed by atoms with Crippen molar-refractivity contribution in [2.45, 2.75) is 193 Å². The van der Waals surface area contributed by atoms with Gasteiger partial charge in [-0.2, -0.15) is 0 Å². The highest BCUT2D eigenvalue weighted by molar-refractivity contribution is 5.74. The minimum atomic E-state index is -1.19. The van der Waals surface area contributed by atoms with Gasteiger partial charge in [-0.05, 0) is 92.1 Å². The lowest BCUT2D eigenvalue weighted by Crippen LogP contribution is -2.35. The predicted molar refractivity (Wildman–Crippen MR) is 276 cm³/mol. The Balaban J connectivity index is 5.77. The summed E-state index contributed by atoms with van der Waals surface area (Å²) in [6.45, 7) is 13.3. The van der Waals surface area contributed by atoms with Crippen molar-refractivity contribution in [2.75, 3.05) is 73.6 Å². The number of nitrogens with zero attached hydrogens (tertiary/aromatic N) is 3. The van der Waals surface area contributed by atoms with Gasteiger partial charge >= 0.3 is 35.8 Å². The number of rotatable bonds is 44. The fraction of sp³-hybridized carbons (Fsp3) is 0.759. The molecule has 3 N–H and O–H groups in total. The molecule has 0 bridgehead atoms. The number of aliphatic hydroxyl groups is 3. The summed E-state index contributed by atoms with van der Waals surface area (Å²) in [4.78, 5) is 81.6. The van der Waals surface area contributed by atoms with Crippen LogP contribution in [0.1, 0.15) is 151 Å². The van der Waals surface area contributed by atoms with Gasteiger partial charge in [-0.1, -0.05) is 110 Å². The van der Waals surface area contributed by atoms with Crippen molar-refractivity contribution in [3.05, 3.63) is 42.9 Å². The lowest BCUT2D eigenvalue weighted by atomic mass is 10.0. The molecule has 0 radical (unpaired) electrons. The Morgan fingerprint density at radius 2 is 0.833 bits per heavy atom. The molecule has 0 aromatic rings. The van der Waals surface area contributed by atoms with Crippen LogP contribution in [0.15, 0.2) is 36.5 Å². The van der Waals surface area contributed by atoms with Crippen LogP contribution in [0.3, 0.4) is 0 Å². The van der Waals surface area contributed by atoms with E-state index in [0.717, 1.165) is 51.4 Å². The molecular formula is C54H94N3O15+. The SMILES string of the molecule is CCCC[CH+]C(OC(=O)CN(C)CC)C(O)C/C=C/CC(=O)OC(COC(=O)C/C=C/CC(O)C(CCCCC)OC(=O)CN(C)CC)COC(=O)C/C=C/CC(O)C(CCCCC)OC(=O)CN(C)CC. The fourth-order valence-electron chi connectivity index (χ4n) is 6.74. The summed E-state index contributed by atoms with van der Waals surface area (Å²) in [6, 6.07) is 0. The van der Waals surface area contributed by atoms with E-state index in [1.807, 2.05) is 27.7 Å². The first-order chi connectivity index (χ1) is 34.4. The molecule has 6 atom stereocenters. The molecule has 0 rings (SSSR count). The maximum atomic E-state index is 13.0. The summed E-state index contributed by atoms with van der Waals surface area (Å²) in [5.74, 6) is -3.41. The maximum absolute atomic E-state index is 13.0. The third-order valence-corrected chi connectivity index (χ3v) is 11.7. The largest absolute Gasteiger partial charge is 0.461 e. The van der Waals surface area contributed by atoms with Gasteiger partial charge in [0, 0.05) is 0 Å². The Morgan fingerprint density at radius 3 is 1.22 bits per heavy atom. The second kappa shape index (κ2) is 43.1. The number of hydrogen-bond acceptors (Lipinski definition) is 18. The van der Waals surface area contributed by atoms with Crippen molar-refractivity contribution in [3.8, 4) is 0 Å². The molecule has 0 heterocycles. The summed E-state index contributed by atoms with van der Waals surface area (Å²) in [5, 5.41) is 32.7. The van der Waals surface area contributed by atoms with Gasteiger partial charge in [-0.3, -0.25) is 43.5 Å². The summed E-state index contributed by atoms with van der Waals surface area (Å²) in [5.41, 5.74) is 0. The Bertz CT molecular complexity index is 1500. The minimum Gasteiger partial charge on any atom is -0.461 e. The number of carbonyl (C=O) groups excluding carboxylic acids is 6. The van der Waals surface area contributed by atoms with Crippen LogP contribution in [0, 0.1) is 6.42 Å². The maximum Gasteiger partial charge on any atom is 0.323 e. The van der Waals surface area contributed by atoms with Crippen LogP contribution >= 0.6 is 0 Å². The van der Waals surface area contributed by atoms with Crippen molar-refractivity contribution in [3.63, 3.8) is 0 Å². The van der Waals surface area contributed by atoms with Crippen LogP contribution in [0.25, 0.3) is 0 Å². The molecule has 0 saturated carbocycles. The molecule has 0 saturated heterocycles. The van der Waals surface area contributed by atoms with Crippen molar-refractivity contribution >= 4 is 35.8 Å². The zero-order chi connectivity index (χ0) is 54.1. The van der Waals surface area contributed by atoms with Gasteiger partial charge < -0.3 is 43.7 Å². The summed E-state index contributed by atoms with van der Waals surface area (Å²) in [7, 11) is 5.39. The summed E-state index contributed by atoms with van der Waals surface area (Å²) in [6.07, 6.45) is 13.1. The van der Waals surface area contributed by atoms with E-state index >= 15 is 0 Å². The summed E-state index contributed by atoms with van der Waals surface area (Å²) < 4.78 is 33.2. The first-order valence-electron chi connectivity index (χ1n) is 26.4. The molecular weight excluding hydrogens is 931 g/mol. The van der Waals surface area contributed by atoms with E-state index in [0.29, 0.717) is 38.9 Å². The highest BCUT2D eigenvalue weighted by atomic mass is 16.6. The van der Waals surface area contributed by atoms with Crippen molar-refractivity contribution in [1.29, 1.82) is 0 Å². The highest BCUT2D eigenvalue weighted by Gasteiger charge is 2.30. The van der Waals surface area contributed by atoms with E-state index in [1.165, 1.54) is 18.2 Å². The van der Waals surface area contributed by atoms with Crippen LogP contribution in [-0.4, -0.2) is 182 Å². The lowest BCUT2D eigenvalue weighted by Gasteiger charge is -2.24. The third kappa shape index (κ3) is 35.7. The van der Waals surface area contributed by atoms with Crippen LogP contribution in [0.2, 0.25) is 0 Å². The van der Waals surface area contributed by atoms with Crippen molar-refractivity contribution in [1.82, 2.24) is 14.7 Å². The first kappa shape index (κ1) is 67.7. The summed E-state index contributed by atoms with van der Waals surface area (Å²) >= 11 is 0. The van der Waals surface area contributed by atoms with Gasteiger partial charge in [0.15, 0.2) is 6.10 Å². The predicted octanol–water partition coefficient (Wildman–Crippen LogP) is 6.22. The zero-order valence-electron chi connectivity index (χ0n) is 45.3. The van der Waals surface area contributed by atoms with E-state index in [1.54, 1.807) is 60.5 Å². The van der Waals surface area contributed by atoms with Crippen molar-refractivity contribution < 1.29 is 72.5 Å². The topological polar surface area (TPSA) is 228 Å². The fourth-order valence-corrected chi connectivity index (χ4v) is 6.74. The molecule has 0 fully saturated rings. The van der Waals surface area contributed by atoms with Crippen LogP contribution in [0.4, 0.5) is 0 Å². The number of ether oxygens (including phenoxy) is 6. The number of unbranched alkanes of at least 4 members (excludes halogenated alkanes) is 6. The van der Waals surface area contributed by atoms with Crippen LogP contribution in [0.5, 0.6) is 0 Å². The third-order valence-electron chi connectivity index (χ3n) is 11.7. The Hall–Kier alpha value is -4.33. The molecule has 18 heteroatoms. The number of hydrogen-bond donors (Lipinski definition) is 3. The zero-order valence-corrected chi connectivity index (χ0v) is 45.3. The van der Waals surface area contributed by atoms with Gasteiger partial charge in [0.2, 0.25) is 0 Å². The second-order valence-corrected chi connectivity index (χ2v) is 18.3. The average molecular weight is 1030 g/mol. The van der Waals surface area contributed by atoms with Crippen LogP contribution in [-0.2, 0) is 57.2 Å². The standard InChI is InChI=1S/C54H94N3O15/c1-10-16-19-31-46(70-52(64)37-55(7)13-4)43(58)28-22-25-34-49(61)67-40-42(69-51(63)36-27-24-30-45(60)48(33-21-18-12-3)72-54(66)39-57(9)15-6)41-68-50(62)35-26-23-29-44(59)47(32-20-17-11-2)71-53(65)38-56(8)14-5/h22-27,33,42-48,58-60H,10-21,28-32,34-41H2,1-9H3/q+1/b25-22+,26-23+,27-24+. The van der Waals surface area contributed by atoms with E-state index in [9.17, 15) is 44.1 Å². The molecule has 18 nitrogen and oxygen atoms in total. The molecule has 414 valence electrons. The van der Waals surface area contributed by atoms with Gasteiger partial charge in [-0.25, -0.2) is 0 Å². The molecule has 0 aliphatic rings. The molecule has 0 spiro atoms. The van der Waals surface area contributed by atoms with Crippen molar-refractivity contribution in [2.24, 2.45) is 0 Å². The number of likely N-dealkylation sites (N-methyl/N-ethyl adjacent to an activating group) is 3. The molecule has 6 unspecified atom stereocenters. The van der Waals surface area contributed by atoms with Gasteiger partial charge in [0.05, 0.1) is 57.5 Å². The normalized spacial score (nSPS) is 14.8. The molecule has 72 heavy (non-hydrogen) atoms. The van der Waals surface area contributed by atoms with E-state index in [4.69, 9.17) is 28.4 Å². The minimum absolute atomic E-state index is 0.0744.